The summed E-state index contributed by atoms with van der Waals surface area (Å²) in [5.41, 5.74) is 0. The molecule has 0 bridgehead atoms. The van der Waals surface area contributed by atoms with Gasteiger partial charge in [0.25, 0.3) is 0 Å². The van der Waals surface area contributed by atoms with Crippen LogP contribution in [0.1, 0.15) is 12.8 Å². The van der Waals surface area contributed by atoms with Crippen LogP contribution in [-0.2, 0) is 0 Å². The Morgan fingerprint density at radius 2 is 0.560 bits per heavy atom. The summed E-state index contributed by atoms with van der Waals surface area (Å²) in [7, 11) is 0. The van der Waals surface area contributed by atoms with Crippen LogP contribution in [-0.4, -0.2) is 107 Å². The molecule has 0 spiro atoms. The fourth-order valence-electron chi connectivity index (χ4n) is 3.07. The van der Waals surface area contributed by atoms with Crippen LogP contribution < -0.4 is 10.2 Å². The third-order valence-corrected chi connectivity index (χ3v) is 5.99. The SMILES string of the molecule is O=C([O-])N(C(=O)[O-])N(CCC(F)(F)C(F)(F)C(F)(F)C(F)(F)C(F)(F)C(F)(F)F)CCC(F)(F)C(F)(F)C(F)(F)C(F)(F)C(F)(F)C(F)(F)F. The van der Waals surface area contributed by atoms with Crippen LogP contribution in [0.5, 0.6) is 0 Å². The van der Waals surface area contributed by atoms with Gasteiger partial charge in [-0.05, 0) is 0 Å². The molecule has 0 aliphatic rings. The molecule has 298 valence electrons. The molecule has 6 nitrogen and oxygen atoms in total. The minimum Gasteiger partial charge on any atom is -0.529 e. The summed E-state index contributed by atoms with van der Waals surface area (Å²) in [6, 6.07) is 0. The zero-order valence-corrected chi connectivity index (χ0v) is 22.2. The molecule has 0 radical (unpaired) electrons. The van der Waals surface area contributed by atoms with Crippen molar-refractivity contribution in [3.63, 3.8) is 0 Å². The van der Waals surface area contributed by atoms with E-state index in [4.69, 9.17) is 0 Å². The van der Waals surface area contributed by atoms with Gasteiger partial charge in [-0.15, -0.1) is 0 Å². The van der Waals surface area contributed by atoms with Gasteiger partial charge in [-0.1, -0.05) is 0 Å². The van der Waals surface area contributed by atoms with E-state index in [2.05, 4.69) is 0 Å². The number of imide groups is 1. The molecule has 0 aromatic rings. The zero-order valence-electron chi connectivity index (χ0n) is 22.2. The summed E-state index contributed by atoms with van der Waals surface area (Å²) in [5, 5.41) is 18.0. The van der Waals surface area contributed by atoms with Gasteiger partial charge in [0.2, 0.25) is 0 Å². The quantitative estimate of drug-likeness (QED) is 0.140. The minimum atomic E-state index is -8.57. The molecule has 0 saturated heterocycles. The van der Waals surface area contributed by atoms with Gasteiger partial charge in [-0.25, -0.2) is 10.0 Å². The van der Waals surface area contributed by atoms with Crippen molar-refractivity contribution in [1.82, 2.24) is 10.0 Å². The fraction of sp³-hybridized carbons (Fsp3) is 0.889. The normalized spacial score (nSPS) is 15.8. The highest BCUT2D eigenvalue weighted by Crippen LogP contribution is 2.62. The molecule has 0 saturated carbocycles. The van der Waals surface area contributed by atoms with Gasteiger partial charge in [-0.3, -0.25) is 0 Å². The van der Waals surface area contributed by atoms with Crippen molar-refractivity contribution in [2.24, 2.45) is 0 Å². The van der Waals surface area contributed by atoms with Crippen LogP contribution in [0.2, 0.25) is 0 Å². The van der Waals surface area contributed by atoms with Crippen molar-refractivity contribution in [3.8, 4) is 0 Å². The molecular weight excluding hydrogens is 802 g/mol. The van der Waals surface area contributed by atoms with E-state index in [9.17, 15) is 134 Å². The Balaban J connectivity index is 6.86. The molecule has 0 N–H and O–H groups in total. The summed E-state index contributed by atoms with van der Waals surface area (Å²) in [4.78, 5) is 21.8. The van der Waals surface area contributed by atoms with Crippen molar-refractivity contribution in [2.45, 2.75) is 84.4 Å². The van der Waals surface area contributed by atoms with E-state index >= 15 is 0 Å². The number of alkyl halides is 26. The zero-order chi connectivity index (χ0) is 41.1. The van der Waals surface area contributed by atoms with Crippen molar-refractivity contribution in [2.75, 3.05) is 13.1 Å². The van der Waals surface area contributed by atoms with Crippen molar-refractivity contribution < 1.29 is 134 Å². The van der Waals surface area contributed by atoms with Crippen LogP contribution in [0.25, 0.3) is 0 Å². The van der Waals surface area contributed by atoms with E-state index in [0.29, 0.717) is 0 Å². The highest BCUT2D eigenvalue weighted by atomic mass is 19.4. The van der Waals surface area contributed by atoms with E-state index in [1.165, 1.54) is 0 Å². The Labute approximate surface area is 255 Å². The highest BCUT2D eigenvalue weighted by Gasteiger charge is 2.92. The number of carbonyl (C=O) groups is 2. The molecule has 32 heteroatoms. The molecule has 0 aliphatic heterocycles. The fourth-order valence-corrected chi connectivity index (χ4v) is 3.07. The van der Waals surface area contributed by atoms with Gasteiger partial charge in [0, 0.05) is 25.9 Å². The lowest BCUT2D eigenvalue weighted by Crippen LogP contribution is -2.70. The summed E-state index contributed by atoms with van der Waals surface area (Å²) in [6.45, 7) is -6.33. The number of rotatable bonds is 15. The average Bonchev–Trinajstić information content (AvgIpc) is 2.87. The Morgan fingerprint density at radius 1 is 0.360 bits per heavy atom. The number of amides is 2. The van der Waals surface area contributed by atoms with Gasteiger partial charge in [-0.2, -0.15) is 114 Å². The van der Waals surface area contributed by atoms with Gasteiger partial charge in [0.15, 0.2) is 12.2 Å². The third-order valence-electron chi connectivity index (χ3n) is 5.99. The Bertz CT molecular complexity index is 1150. The number of nitrogens with zero attached hydrogens (tertiary/aromatic N) is 2. The van der Waals surface area contributed by atoms with E-state index in [-0.39, 0.29) is 0 Å². The third kappa shape index (κ3) is 7.03. The van der Waals surface area contributed by atoms with Crippen LogP contribution in [0.4, 0.5) is 124 Å². The molecule has 50 heavy (non-hydrogen) atoms. The maximum absolute atomic E-state index is 14.0. The number of hydrogen-bond donors (Lipinski definition) is 0. The molecule has 2 amide bonds. The number of carbonyl (C=O) groups excluding carboxylic acids is 2. The second-order valence-electron chi connectivity index (χ2n) is 9.30. The molecule has 0 rings (SSSR count). The predicted octanol–water partition coefficient (Wildman–Crippen LogP) is 6.45. The van der Waals surface area contributed by atoms with E-state index < -0.39 is 120 Å². The standard InChI is InChI=1S/C18H10F26N2O4/c19-7(20,9(23,24)11(27,28)13(31,32)15(35,36)17(39,40)41)1-3-45(46(5(47)48)6(49)50)4-2-8(21,22)10(25,26)12(29,30)14(33,34)16(37,38)18(42,43)44/h1-4H2,(H,47,48)(H,49,50)/p-2. The topological polar surface area (TPSA) is 86.7 Å². The van der Waals surface area contributed by atoms with E-state index in [1.807, 2.05) is 0 Å². The van der Waals surface area contributed by atoms with Crippen LogP contribution in [0.15, 0.2) is 0 Å². The summed E-state index contributed by atoms with van der Waals surface area (Å²) in [6.07, 6.45) is -30.6. The second kappa shape index (κ2) is 12.8. The van der Waals surface area contributed by atoms with Crippen molar-refractivity contribution >= 4 is 12.2 Å². The lowest BCUT2D eigenvalue weighted by Gasteiger charge is -2.42. The largest absolute Gasteiger partial charge is 0.529 e. The molecular formula is C18H8F26N2O4-2. The molecule has 0 fully saturated rings. The van der Waals surface area contributed by atoms with Gasteiger partial charge in [0.05, 0.1) is 0 Å². The predicted molar refractivity (Wildman–Crippen MR) is 95.0 cm³/mol. The Morgan fingerprint density at radius 3 is 0.740 bits per heavy atom. The molecule has 0 aromatic carbocycles. The lowest BCUT2D eigenvalue weighted by atomic mass is 9.92. The molecule has 0 aromatic heterocycles. The van der Waals surface area contributed by atoms with Gasteiger partial charge in [0.1, 0.15) is 0 Å². The highest BCUT2D eigenvalue weighted by molar-refractivity contribution is 5.82. The molecule has 0 unspecified atom stereocenters. The first-order valence-corrected chi connectivity index (χ1v) is 11.2. The Hall–Kier alpha value is -3.12. The second-order valence-corrected chi connectivity index (χ2v) is 9.30. The van der Waals surface area contributed by atoms with Crippen molar-refractivity contribution in [1.29, 1.82) is 0 Å². The van der Waals surface area contributed by atoms with Crippen LogP contribution in [0.3, 0.4) is 0 Å². The number of halogens is 26. The lowest BCUT2D eigenvalue weighted by molar-refractivity contribution is -0.440. The van der Waals surface area contributed by atoms with Gasteiger partial charge >= 0.3 is 71.6 Å². The number of carboxylic acid groups (broad SMARTS) is 2. The first-order chi connectivity index (χ1) is 21.3. The number of hydrazine groups is 1. The van der Waals surface area contributed by atoms with E-state index in [0.717, 1.165) is 0 Å². The first-order valence-electron chi connectivity index (χ1n) is 11.2. The minimum absolute atomic E-state index is 1.69. The number of hydrogen-bond acceptors (Lipinski definition) is 5. The summed E-state index contributed by atoms with van der Waals surface area (Å²) in [5.74, 6) is -82.0. The van der Waals surface area contributed by atoms with E-state index in [1.54, 1.807) is 0 Å². The summed E-state index contributed by atoms with van der Waals surface area (Å²) < 4.78 is 343. The smallest absolute Gasteiger partial charge is 0.460 e. The maximum atomic E-state index is 14.0. The Kier molecular flexibility index (Phi) is 12.0. The summed E-state index contributed by atoms with van der Waals surface area (Å²) >= 11 is 0. The van der Waals surface area contributed by atoms with Crippen LogP contribution >= 0.6 is 0 Å². The molecule has 0 aliphatic carbocycles. The molecule has 0 atom stereocenters. The first kappa shape index (κ1) is 46.9. The van der Waals surface area contributed by atoms with Crippen LogP contribution in [0, 0.1) is 0 Å². The van der Waals surface area contributed by atoms with Crippen molar-refractivity contribution in [3.05, 3.63) is 0 Å². The average molecular weight is 810 g/mol. The molecule has 0 heterocycles. The maximum Gasteiger partial charge on any atom is 0.460 e. The monoisotopic (exact) mass is 810 g/mol. The van der Waals surface area contributed by atoms with Gasteiger partial charge < -0.3 is 19.8 Å².